The number of hydrogen-bond acceptors (Lipinski definition) is 5. The van der Waals surface area contributed by atoms with Gasteiger partial charge >= 0.3 is 0 Å². The first-order chi connectivity index (χ1) is 14.0. The molecule has 0 spiro atoms. The van der Waals surface area contributed by atoms with Crippen LogP contribution in [0.1, 0.15) is 23.7 Å². The number of carbonyl (C=O) groups is 1. The number of hydrogen-bond donors (Lipinski definition) is 2. The van der Waals surface area contributed by atoms with Crippen molar-refractivity contribution in [2.24, 2.45) is 15.2 Å². The molecule has 1 aromatic carbocycles. The van der Waals surface area contributed by atoms with Crippen molar-refractivity contribution < 1.29 is 13.9 Å². The van der Waals surface area contributed by atoms with Gasteiger partial charge in [-0.1, -0.05) is 29.3 Å². The third-order valence-electron chi connectivity index (χ3n) is 3.97. The average Bonchev–Trinajstić information content (AvgIpc) is 3.07. The van der Waals surface area contributed by atoms with Crippen LogP contribution in [0.4, 0.5) is 4.39 Å². The number of halogens is 3. The Kier molecular flexibility index (Phi) is 7.13. The molecule has 152 valence electrons. The molecule has 1 amide bonds. The lowest BCUT2D eigenvalue weighted by atomic mass is 10.0. The zero-order valence-corrected chi connectivity index (χ0v) is 17.0. The molecule has 29 heavy (non-hydrogen) atoms. The summed E-state index contributed by atoms with van der Waals surface area (Å²) in [4.78, 5) is 16.9. The second-order valence-electron chi connectivity index (χ2n) is 6.00. The minimum Gasteiger partial charge on any atom is -0.380 e. The van der Waals surface area contributed by atoms with E-state index in [2.05, 4.69) is 25.9 Å². The molecule has 3 rings (SSSR count). The molecule has 0 aromatic heterocycles. The zero-order valence-electron chi connectivity index (χ0n) is 15.5. The maximum atomic E-state index is 13.9. The van der Waals surface area contributed by atoms with E-state index < -0.39 is 11.7 Å². The van der Waals surface area contributed by atoms with Gasteiger partial charge in [-0.2, -0.15) is 0 Å². The van der Waals surface area contributed by atoms with Crippen molar-refractivity contribution in [1.29, 1.82) is 0 Å². The molecular weight excluding hydrogens is 420 g/mol. The lowest BCUT2D eigenvalue weighted by molar-refractivity contribution is 0.0975. The molecule has 1 aliphatic carbocycles. The molecule has 0 unspecified atom stereocenters. The van der Waals surface area contributed by atoms with Gasteiger partial charge in [0.25, 0.3) is 5.91 Å². The van der Waals surface area contributed by atoms with Gasteiger partial charge < -0.3 is 10.1 Å². The van der Waals surface area contributed by atoms with Crippen molar-refractivity contribution in [3.8, 4) is 0 Å². The topological polar surface area (TPSA) is 87.4 Å². The van der Waals surface area contributed by atoms with E-state index in [0.717, 1.165) is 0 Å². The van der Waals surface area contributed by atoms with Gasteiger partial charge in [0.2, 0.25) is 5.96 Å². The van der Waals surface area contributed by atoms with E-state index in [0.29, 0.717) is 41.6 Å². The maximum Gasteiger partial charge on any atom is 0.258 e. The summed E-state index contributed by atoms with van der Waals surface area (Å²) < 4.78 is 19.2. The van der Waals surface area contributed by atoms with Crippen LogP contribution in [0.3, 0.4) is 0 Å². The van der Waals surface area contributed by atoms with Gasteiger partial charge in [-0.15, -0.1) is 10.2 Å². The van der Waals surface area contributed by atoms with Gasteiger partial charge in [0.1, 0.15) is 5.83 Å². The number of guanidine groups is 1. The van der Waals surface area contributed by atoms with Crippen LogP contribution >= 0.6 is 23.2 Å². The quantitative estimate of drug-likeness (QED) is 0.391. The molecule has 1 heterocycles. The summed E-state index contributed by atoms with van der Waals surface area (Å²) in [6.45, 7) is 3.10. The molecule has 7 nitrogen and oxygen atoms in total. The summed E-state index contributed by atoms with van der Waals surface area (Å²) in [7, 11) is 0. The molecule has 2 aliphatic rings. The minimum absolute atomic E-state index is 0.00353. The minimum atomic E-state index is -0.477. The summed E-state index contributed by atoms with van der Waals surface area (Å²) >= 11 is 11.8. The standard InChI is InChI=1S/C19H18Cl2FN5O2/c1-2-29-7-6-23-19(25-18(28)11-4-3-5-12(20)8-11)24-17-13-9-15(22)14(21)10-16(13)26-27-17/h3-5,8,10H,2,6-7,9H2,1H3,(H2,23,24,25,28). The zero-order chi connectivity index (χ0) is 20.8. The number of aliphatic imine (C=N–C) groups is 1. The maximum absolute atomic E-state index is 13.9. The van der Waals surface area contributed by atoms with Gasteiger partial charge in [-0.3, -0.25) is 15.1 Å². The molecule has 2 N–H and O–H groups in total. The summed E-state index contributed by atoms with van der Waals surface area (Å²) in [5, 5.41) is 14.0. The van der Waals surface area contributed by atoms with E-state index >= 15 is 0 Å². The highest BCUT2D eigenvalue weighted by atomic mass is 35.5. The normalized spacial score (nSPS) is 16.1. The Labute approximate surface area is 177 Å². The third-order valence-corrected chi connectivity index (χ3v) is 4.52. The second kappa shape index (κ2) is 9.78. The smallest absolute Gasteiger partial charge is 0.258 e. The Morgan fingerprint density at radius 2 is 2.17 bits per heavy atom. The number of amides is 1. The number of rotatable bonds is 6. The summed E-state index contributed by atoms with van der Waals surface area (Å²) in [6.07, 6.45) is 1.36. The molecular formula is C19H18Cl2FN5O2. The van der Waals surface area contributed by atoms with Crippen LogP contribution in [-0.4, -0.2) is 31.6 Å². The number of ether oxygens (including phenoxy) is 1. The van der Waals surface area contributed by atoms with Crippen LogP contribution in [0.15, 0.2) is 73.5 Å². The fraction of sp³-hybridized carbons (Fsp3) is 0.263. The molecule has 1 aromatic rings. The van der Waals surface area contributed by atoms with E-state index in [9.17, 15) is 9.18 Å². The summed E-state index contributed by atoms with van der Waals surface area (Å²) in [5.41, 5.74) is 1.36. The number of fused-ring (bicyclic) bond motifs is 1. The molecule has 0 bridgehead atoms. The SMILES string of the molecule is CCOCCN=C(NC(=O)c1cccc(Cl)c1)NC1=C2CC(F)=C(Cl)C=C2N=N1. The summed E-state index contributed by atoms with van der Waals surface area (Å²) in [6, 6.07) is 6.50. The first-order valence-electron chi connectivity index (χ1n) is 8.85. The Hall–Kier alpha value is -2.55. The van der Waals surface area contributed by atoms with E-state index in [1.807, 2.05) is 6.92 Å². The fourth-order valence-electron chi connectivity index (χ4n) is 2.57. The third kappa shape index (κ3) is 5.50. The molecule has 1 aliphatic heterocycles. The van der Waals surface area contributed by atoms with Crippen LogP contribution in [0.25, 0.3) is 0 Å². The van der Waals surface area contributed by atoms with Crippen LogP contribution in [0.2, 0.25) is 5.02 Å². The predicted molar refractivity (Wildman–Crippen MR) is 109 cm³/mol. The van der Waals surface area contributed by atoms with Crippen LogP contribution in [0, 0.1) is 0 Å². The molecule has 0 fully saturated rings. The Morgan fingerprint density at radius 1 is 1.34 bits per heavy atom. The number of allylic oxidation sites excluding steroid dienone is 4. The Balaban J connectivity index is 1.79. The van der Waals surface area contributed by atoms with E-state index in [1.54, 1.807) is 18.2 Å². The lowest BCUT2D eigenvalue weighted by Gasteiger charge is -2.14. The van der Waals surface area contributed by atoms with Crippen molar-refractivity contribution in [1.82, 2.24) is 10.6 Å². The largest absolute Gasteiger partial charge is 0.380 e. The second-order valence-corrected chi connectivity index (χ2v) is 6.85. The molecule has 0 radical (unpaired) electrons. The highest BCUT2D eigenvalue weighted by Crippen LogP contribution is 2.37. The average molecular weight is 438 g/mol. The monoisotopic (exact) mass is 437 g/mol. The van der Waals surface area contributed by atoms with Gasteiger partial charge in [-0.25, -0.2) is 4.39 Å². The first-order valence-corrected chi connectivity index (χ1v) is 9.60. The van der Waals surface area contributed by atoms with Crippen molar-refractivity contribution in [2.75, 3.05) is 19.8 Å². The van der Waals surface area contributed by atoms with Crippen molar-refractivity contribution >= 4 is 35.1 Å². The lowest BCUT2D eigenvalue weighted by Crippen LogP contribution is -2.41. The Morgan fingerprint density at radius 3 is 2.93 bits per heavy atom. The van der Waals surface area contributed by atoms with E-state index in [1.165, 1.54) is 12.1 Å². The van der Waals surface area contributed by atoms with E-state index in [-0.39, 0.29) is 23.2 Å². The fourth-order valence-corrected chi connectivity index (χ4v) is 2.93. The van der Waals surface area contributed by atoms with Gasteiger partial charge in [0.05, 0.1) is 23.9 Å². The molecule has 0 atom stereocenters. The van der Waals surface area contributed by atoms with Crippen LogP contribution in [-0.2, 0) is 4.74 Å². The van der Waals surface area contributed by atoms with Gasteiger partial charge in [0.15, 0.2) is 5.82 Å². The predicted octanol–water partition coefficient (Wildman–Crippen LogP) is 4.44. The molecule has 0 saturated carbocycles. The summed E-state index contributed by atoms with van der Waals surface area (Å²) in [5.74, 6) is -0.463. The van der Waals surface area contributed by atoms with Crippen molar-refractivity contribution in [2.45, 2.75) is 13.3 Å². The highest BCUT2D eigenvalue weighted by Gasteiger charge is 2.26. The van der Waals surface area contributed by atoms with Crippen molar-refractivity contribution in [3.63, 3.8) is 0 Å². The van der Waals surface area contributed by atoms with Crippen LogP contribution < -0.4 is 10.6 Å². The number of nitrogens with zero attached hydrogens (tertiary/aromatic N) is 3. The number of azo groups is 1. The molecule has 0 saturated heterocycles. The van der Waals surface area contributed by atoms with Gasteiger partial charge in [0, 0.05) is 29.2 Å². The number of benzene rings is 1. The van der Waals surface area contributed by atoms with E-state index in [4.69, 9.17) is 27.9 Å². The Bertz CT molecular complexity index is 969. The number of nitrogens with one attached hydrogen (secondary N) is 2. The van der Waals surface area contributed by atoms with Crippen molar-refractivity contribution in [3.05, 3.63) is 68.9 Å². The first kappa shape index (κ1) is 21.2. The number of carbonyl (C=O) groups excluding carboxylic acids is 1. The van der Waals surface area contributed by atoms with Crippen LogP contribution in [0.5, 0.6) is 0 Å². The van der Waals surface area contributed by atoms with Gasteiger partial charge in [-0.05, 0) is 31.2 Å². The highest BCUT2D eigenvalue weighted by molar-refractivity contribution is 6.31. The molecule has 10 heteroatoms.